The summed E-state index contributed by atoms with van der Waals surface area (Å²) in [5.74, 6) is -0.264. The molecule has 0 aliphatic heterocycles. The third kappa shape index (κ3) is 2.81. The number of hydrogen-bond donors (Lipinski definition) is 1. The van der Waals surface area contributed by atoms with E-state index in [9.17, 15) is 4.79 Å². The van der Waals surface area contributed by atoms with E-state index >= 15 is 0 Å². The van der Waals surface area contributed by atoms with Crippen LogP contribution in [0.3, 0.4) is 0 Å². The van der Waals surface area contributed by atoms with Crippen LogP contribution in [0.25, 0.3) is 0 Å². The fourth-order valence-corrected chi connectivity index (χ4v) is 1.53. The highest BCUT2D eigenvalue weighted by atomic mass is 16.5. The molecule has 1 aliphatic rings. The average molecular weight is 172 g/mol. The Morgan fingerprint density at radius 3 is 2.67 bits per heavy atom. The molecule has 1 atom stereocenters. The molecule has 0 radical (unpaired) electrons. The molecule has 0 bridgehead atoms. The van der Waals surface area contributed by atoms with Gasteiger partial charge in [0.2, 0.25) is 0 Å². The van der Waals surface area contributed by atoms with Crippen LogP contribution in [0.2, 0.25) is 0 Å². The van der Waals surface area contributed by atoms with Crippen LogP contribution in [0, 0.1) is 5.92 Å². The van der Waals surface area contributed by atoms with Gasteiger partial charge in [-0.25, -0.2) is 4.79 Å². The molecule has 0 saturated heterocycles. The molecule has 1 unspecified atom stereocenters. The van der Waals surface area contributed by atoms with Crippen LogP contribution in [0.4, 0.5) is 0 Å². The van der Waals surface area contributed by atoms with Gasteiger partial charge in [0.1, 0.15) is 0 Å². The second-order valence-electron chi connectivity index (χ2n) is 3.46. The molecular formula is C9H16O3. The molecule has 0 aromatic heterocycles. The number of ether oxygens (including phenoxy) is 1. The molecule has 0 aromatic carbocycles. The second-order valence-corrected chi connectivity index (χ2v) is 3.46. The fourth-order valence-electron chi connectivity index (χ4n) is 1.53. The van der Waals surface area contributed by atoms with Crippen LogP contribution in [-0.2, 0) is 9.53 Å². The summed E-state index contributed by atoms with van der Waals surface area (Å²) in [6.45, 7) is 2.20. The minimum Gasteiger partial charge on any atom is -0.479 e. The van der Waals surface area contributed by atoms with E-state index in [-0.39, 0.29) is 0 Å². The summed E-state index contributed by atoms with van der Waals surface area (Å²) in [7, 11) is 0. The molecule has 0 spiro atoms. The van der Waals surface area contributed by atoms with Crippen molar-refractivity contribution in [2.75, 3.05) is 6.61 Å². The first-order chi connectivity index (χ1) is 5.70. The van der Waals surface area contributed by atoms with Gasteiger partial charge in [-0.05, 0) is 25.7 Å². The standard InChI is InChI=1S/C9H16O3/c1-7(9(10)11)12-6-8-4-2-3-5-8/h7-8H,2-6H2,1H3,(H,10,11). The smallest absolute Gasteiger partial charge is 0.332 e. The van der Waals surface area contributed by atoms with Crippen LogP contribution in [0.15, 0.2) is 0 Å². The van der Waals surface area contributed by atoms with E-state index in [4.69, 9.17) is 9.84 Å². The van der Waals surface area contributed by atoms with Gasteiger partial charge in [0.05, 0.1) is 6.61 Å². The van der Waals surface area contributed by atoms with E-state index in [2.05, 4.69) is 0 Å². The first-order valence-electron chi connectivity index (χ1n) is 4.54. The highest BCUT2D eigenvalue weighted by molar-refractivity contribution is 5.71. The monoisotopic (exact) mass is 172 g/mol. The third-order valence-electron chi connectivity index (χ3n) is 2.40. The Labute approximate surface area is 72.7 Å². The molecule has 1 aliphatic carbocycles. The zero-order chi connectivity index (χ0) is 8.97. The Kier molecular flexibility index (Phi) is 3.53. The van der Waals surface area contributed by atoms with Crippen LogP contribution in [0.1, 0.15) is 32.6 Å². The number of aliphatic carboxylic acids is 1. The van der Waals surface area contributed by atoms with Crippen molar-refractivity contribution in [2.24, 2.45) is 5.92 Å². The molecule has 0 amide bonds. The van der Waals surface area contributed by atoms with Crippen molar-refractivity contribution in [3.8, 4) is 0 Å². The summed E-state index contributed by atoms with van der Waals surface area (Å²) in [5, 5.41) is 8.53. The van der Waals surface area contributed by atoms with Gasteiger partial charge in [-0.1, -0.05) is 12.8 Å². The van der Waals surface area contributed by atoms with Gasteiger partial charge >= 0.3 is 5.97 Å². The van der Waals surface area contributed by atoms with Gasteiger partial charge in [0, 0.05) is 0 Å². The molecule has 1 saturated carbocycles. The SMILES string of the molecule is CC(OCC1CCCC1)C(=O)O. The lowest BCUT2D eigenvalue weighted by Gasteiger charge is -2.12. The first-order valence-corrected chi connectivity index (χ1v) is 4.54. The quantitative estimate of drug-likeness (QED) is 0.701. The summed E-state index contributed by atoms with van der Waals surface area (Å²) in [6.07, 6.45) is 4.30. The third-order valence-corrected chi connectivity index (χ3v) is 2.40. The van der Waals surface area contributed by atoms with Crippen molar-refractivity contribution < 1.29 is 14.6 Å². The number of hydrogen-bond acceptors (Lipinski definition) is 2. The summed E-state index contributed by atoms with van der Waals surface area (Å²) in [5.41, 5.74) is 0. The number of carboxylic acid groups (broad SMARTS) is 1. The molecule has 3 heteroatoms. The van der Waals surface area contributed by atoms with Crippen molar-refractivity contribution >= 4 is 5.97 Å². The fraction of sp³-hybridized carbons (Fsp3) is 0.889. The van der Waals surface area contributed by atoms with E-state index < -0.39 is 12.1 Å². The zero-order valence-electron chi connectivity index (χ0n) is 7.45. The topological polar surface area (TPSA) is 46.5 Å². The summed E-state index contributed by atoms with van der Waals surface area (Å²) in [4.78, 5) is 10.4. The molecular weight excluding hydrogens is 156 g/mol. The van der Waals surface area contributed by atoms with Crippen LogP contribution in [0.5, 0.6) is 0 Å². The Morgan fingerprint density at radius 1 is 1.58 bits per heavy atom. The van der Waals surface area contributed by atoms with E-state index in [1.807, 2.05) is 0 Å². The lowest BCUT2D eigenvalue weighted by Crippen LogP contribution is -2.22. The number of carbonyl (C=O) groups is 1. The van der Waals surface area contributed by atoms with Crippen molar-refractivity contribution in [1.29, 1.82) is 0 Å². The van der Waals surface area contributed by atoms with Gasteiger partial charge in [-0.15, -0.1) is 0 Å². The minimum atomic E-state index is -0.868. The molecule has 12 heavy (non-hydrogen) atoms. The Hall–Kier alpha value is -0.570. The molecule has 70 valence electrons. The second kappa shape index (κ2) is 4.45. The largest absolute Gasteiger partial charge is 0.479 e. The van der Waals surface area contributed by atoms with Gasteiger partial charge in [0.25, 0.3) is 0 Å². The molecule has 3 nitrogen and oxygen atoms in total. The van der Waals surface area contributed by atoms with Gasteiger partial charge in [-0.3, -0.25) is 0 Å². The minimum absolute atomic E-state index is 0.604. The zero-order valence-corrected chi connectivity index (χ0v) is 7.45. The van der Waals surface area contributed by atoms with Gasteiger partial charge in [-0.2, -0.15) is 0 Å². The average Bonchev–Trinajstić information content (AvgIpc) is 2.51. The molecule has 1 N–H and O–H groups in total. The van der Waals surface area contributed by atoms with Crippen molar-refractivity contribution in [2.45, 2.75) is 38.7 Å². The highest BCUT2D eigenvalue weighted by Gasteiger charge is 2.18. The normalized spacial score (nSPS) is 21.1. The van der Waals surface area contributed by atoms with Gasteiger partial charge < -0.3 is 9.84 Å². The summed E-state index contributed by atoms with van der Waals surface area (Å²) < 4.78 is 5.19. The molecule has 0 aromatic rings. The van der Waals surface area contributed by atoms with E-state index in [1.165, 1.54) is 25.7 Å². The number of rotatable bonds is 4. The predicted molar refractivity (Wildman–Crippen MR) is 45.0 cm³/mol. The van der Waals surface area contributed by atoms with Crippen LogP contribution < -0.4 is 0 Å². The Bertz CT molecular complexity index is 150. The van der Waals surface area contributed by atoms with Crippen LogP contribution >= 0.6 is 0 Å². The first kappa shape index (κ1) is 9.52. The van der Waals surface area contributed by atoms with Crippen molar-refractivity contribution in [3.63, 3.8) is 0 Å². The van der Waals surface area contributed by atoms with Crippen molar-refractivity contribution in [1.82, 2.24) is 0 Å². The molecule has 1 fully saturated rings. The lowest BCUT2D eigenvalue weighted by molar-refractivity contribution is -0.149. The maximum atomic E-state index is 10.4. The molecule has 1 rings (SSSR count). The molecule has 0 heterocycles. The lowest BCUT2D eigenvalue weighted by atomic mass is 10.1. The summed E-state index contributed by atoms with van der Waals surface area (Å²) >= 11 is 0. The van der Waals surface area contributed by atoms with E-state index in [0.717, 1.165) is 0 Å². The van der Waals surface area contributed by atoms with E-state index in [1.54, 1.807) is 6.92 Å². The summed E-state index contributed by atoms with van der Waals surface area (Å²) in [6, 6.07) is 0. The van der Waals surface area contributed by atoms with Gasteiger partial charge in [0.15, 0.2) is 6.10 Å². The highest BCUT2D eigenvalue weighted by Crippen LogP contribution is 2.24. The number of carboxylic acids is 1. The van der Waals surface area contributed by atoms with Crippen LogP contribution in [-0.4, -0.2) is 23.8 Å². The maximum absolute atomic E-state index is 10.4. The van der Waals surface area contributed by atoms with E-state index in [0.29, 0.717) is 12.5 Å². The predicted octanol–water partition coefficient (Wildman–Crippen LogP) is 1.67. The Balaban J connectivity index is 2.11. The Morgan fingerprint density at radius 2 is 2.17 bits per heavy atom. The van der Waals surface area contributed by atoms with Crippen molar-refractivity contribution in [3.05, 3.63) is 0 Å². The maximum Gasteiger partial charge on any atom is 0.332 e.